The first-order valence-corrected chi connectivity index (χ1v) is 6.85. The van der Waals surface area contributed by atoms with Gasteiger partial charge in [0.1, 0.15) is 0 Å². The van der Waals surface area contributed by atoms with E-state index in [2.05, 4.69) is 10.4 Å². The molecule has 0 fully saturated rings. The summed E-state index contributed by atoms with van der Waals surface area (Å²) in [5.74, 6) is -1.17. The van der Waals surface area contributed by atoms with Crippen molar-refractivity contribution >= 4 is 11.7 Å². The van der Waals surface area contributed by atoms with E-state index in [-0.39, 0.29) is 12.0 Å². The van der Waals surface area contributed by atoms with E-state index in [9.17, 15) is 9.59 Å². The lowest BCUT2D eigenvalue weighted by Crippen LogP contribution is -2.32. The number of aromatic nitrogens is 2. The molecule has 112 valence electrons. The summed E-state index contributed by atoms with van der Waals surface area (Å²) in [7, 11) is 0. The number of ketones is 1. The second-order valence-electron chi connectivity index (χ2n) is 5.60. The minimum absolute atomic E-state index is 0.107. The molecular formula is C14H23N3O3. The number of aryl methyl sites for hydroxylation is 1. The Kier molecular flexibility index (Phi) is 5.88. The Labute approximate surface area is 119 Å². The number of aliphatic hydroxyl groups excluding tert-OH is 1. The summed E-state index contributed by atoms with van der Waals surface area (Å²) in [6.45, 7) is 7.01. The Morgan fingerprint density at radius 1 is 1.45 bits per heavy atom. The molecule has 0 saturated heterocycles. The van der Waals surface area contributed by atoms with Gasteiger partial charge in [0.25, 0.3) is 11.7 Å². The van der Waals surface area contributed by atoms with Crippen molar-refractivity contribution in [3.05, 3.63) is 18.0 Å². The molecule has 0 aliphatic rings. The van der Waals surface area contributed by atoms with Crippen LogP contribution in [-0.2, 0) is 11.3 Å². The number of amides is 1. The van der Waals surface area contributed by atoms with Gasteiger partial charge < -0.3 is 10.4 Å². The van der Waals surface area contributed by atoms with E-state index >= 15 is 0 Å². The maximum atomic E-state index is 11.8. The Bertz CT molecular complexity index is 466. The van der Waals surface area contributed by atoms with E-state index in [1.807, 2.05) is 20.8 Å². The van der Waals surface area contributed by atoms with Crippen molar-refractivity contribution < 1.29 is 14.7 Å². The summed E-state index contributed by atoms with van der Waals surface area (Å²) < 4.78 is 1.60. The van der Waals surface area contributed by atoms with Gasteiger partial charge in [-0.3, -0.25) is 14.3 Å². The summed E-state index contributed by atoms with van der Waals surface area (Å²) >= 11 is 0. The highest BCUT2D eigenvalue weighted by Gasteiger charge is 2.19. The Morgan fingerprint density at radius 2 is 2.15 bits per heavy atom. The zero-order chi connectivity index (χ0) is 15.2. The summed E-state index contributed by atoms with van der Waals surface area (Å²) in [6, 6.07) is 0. The molecule has 0 saturated carbocycles. The highest BCUT2D eigenvalue weighted by molar-refractivity contribution is 6.42. The zero-order valence-corrected chi connectivity index (χ0v) is 12.3. The Hall–Kier alpha value is -1.69. The minimum atomic E-state index is -0.609. The SMILES string of the molecule is CCn1cc(C(=O)C(=O)NCCCC(C)(C)CO)cn1. The summed E-state index contributed by atoms with van der Waals surface area (Å²) in [5, 5.41) is 15.7. The first kappa shape index (κ1) is 16.4. The second kappa shape index (κ2) is 7.19. The lowest BCUT2D eigenvalue weighted by Gasteiger charge is -2.21. The van der Waals surface area contributed by atoms with Crippen LogP contribution in [0.15, 0.2) is 12.4 Å². The van der Waals surface area contributed by atoms with Crippen LogP contribution < -0.4 is 5.32 Å². The van der Waals surface area contributed by atoms with E-state index in [4.69, 9.17) is 5.11 Å². The van der Waals surface area contributed by atoms with Crippen LogP contribution in [0.5, 0.6) is 0 Å². The standard InChI is InChI=1S/C14H23N3O3/c1-4-17-9-11(8-16-17)12(19)13(20)15-7-5-6-14(2,3)10-18/h8-9,18H,4-7,10H2,1-3H3,(H,15,20). The van der Waals surface area contributed by atoms with Crippen molar-refractivity contribution in [3.8, 4) is 0 Å². The van der Waals surface area contributed by atoms with Crippen molar-refractivity contribution in [2.24, 2.45) is 5.41 Å². The maximum absolute atomic E-state index is 11.8. The molecule has 2 N–H and O–H groups in total. The van der Waals surface area contributed by atoms with Crippen LogP contribution >= 0.6 is 0 Å². The summed E-state index contributed by atoms with van der Waals surface area (Å²) in [6.07, 6.45) is 4.48. The van der Waals surface area contributed by atoms with Gasteiger partial charge in [-0.05, 0) is 25.2 Å². The maximum Gasteiger partial charge on any atom is 0.292 e. The fraction of sp³-hybridized carbons (Fsp3) is 0.643. The molecular weight excluding hydrogens is 258 g/mol. The predicted octanol–water partition coefficient (Wildman–Crippen LogP) is 1.00. The number of carbonyl (C=O) groups is 2. The second-order valence-corrected chi connectivity index (χ2v) is 5.60. The van der Waals surface area contributed by atoms with Crippen LogP contribution in [0.25, 0.3) is 0 Å². The first-order valence-electron chi connectivity index (χ1n) is 6.85. The number of hydrogen-bond acceptors (Lipinski definition) is 4. The van der Waals surface area contributed by atoms with E-state index in [0.29, 0.717) is 18.7 Å². The molecule has 1 aromatic rings. The average molecular weight is 281 g/mol. The molecule has 6 heteroatoms. The van der Waals surface area contributed by atoms with Gasteiger partial charge in [-0.25, -0.2) is 0 Å². The Balaban J connectivity index is 2.37. The van der Waals surface area contributed by atoms with Crippen LogP contribution in [0.1, 0.15) is 44.0 Å². The normalized spacial score (nSPS) is 11.4. The molecule has 1 aromatic heterocycles. The molecule has 0 spiro atoms. The lowest BCUT2D eigenvalue weighted by molar-refractivity contribution is -0.117. The van der Waals surface area contributed by atoms with Crippen molar-refractivity contribution in [1.82, 2.24) is 15.1 Å². The molecule has 0 aliphatic heterocycles. The van der Waals surface area contributed by atoms with E-state index in [1.165, 1.54) is 6.20 Å². The van der Waals surface area contributed by atoms with Crippen LogP contribution in [-0.4, -0.2) is 39.7 Å². The number of nitrogens with zero attached hydrogens (tertiary/aromatic N) is 2. The number of Topliss-reactive ketones (excluding diaryl/α,β-unsaturated/α-hetero) is 1. The molecule has 0 aromatic carbocycles. The van der Waals surface area contributed by atoms with Crippen molar-refractivity contribution in [2.45, 2.75) is 40.2 Å². The number of nitrogens with one attached hydrogen (secondary N) is 1. The number of carbonyl (C=O) groups excluding carboxylic acids is 2. The molecule has 20 heavy (non-hydrogen) atoms. The van der Waals surface area contributed by atoms with Gasteiger partial charge >= 0.3 is 0 Å². The highest BCUT2D eigenvalue weighted by Crippen LogP contribution is 2.20. The monoisotopic (exact) mass is 281 g/mol. The largest absolute Gasteiger partial charge is 0.396 e. The van der Waals surface area contributed by atoms with E-state index in [1.54, 1.807) is 10.9 Å². The molecule has 1 amide bonds. The predicted molar refractivity (Wildman–Crippen MR) is 75.3 cm³/mol. The zero-order valence-electron chi connectivity index (χ0n) is 12.3. The fourth-order valence-electron chi connectivity index (χ4n) is 1.71. The molecule has 0 aliphatic carbocycles. The van der Waals surface area contributed by atoms with Gasteiger partial charge in [-0.2, -0.15) is 5.10 Å². The first-order chi connectivity index (χ1) is 9.39. The van der Waals surface area contributed by atoms with Gasteiger partial charge in [0.2, 0.25) is 0 Å². The van der Waals surface area contributed by atoms with Gasteiger partial charge in [0.15, 0.2) is 0 Å². The van der Waals surface area contributed by atoms with Gasteiger partial charge in [0.05, 0.1) is 11.8 Å². The van der Waals surface area contributed by atoms with Crippen LogP contribution in [0.4, 0.5) is 0 Å². The van der Waals surface area contributed by atoms with Crippen LogP contribution in [0, 0.1) is 5.41 Å². The highest BCUT2D eigenvalue weighted by atomic mass is 16.3. The van der Waals surface area contributed by atoms with Gasteiger partial charge in [-0.15, -0.1) is 0 Å². The third-order valence-corrected chi connectivity index (χ3v) is 3.17. The number of hydrogen-bond donors (Lipinski definition) is 2. The third-order valence-electron chi connectivity index (χ3n) is 3.17. The van der Waals surface area contributed by atoms with Crippen molar-refractivity contribution in [3.63, 3.8) is 0 Å². The van der Waals surface area contributed by atoms with Gasteiger partial charge in [0, 0.05) is 25.9 Å². The minimum Gasteiger partial charge on any atom is -0.396 e. The molecule has 1 heterocycles. The third kappa shape index (κ3) is 4.77. The molecule has 6 nitrogen and oxygen atoms in total. The number of rotatable bonds is 8. The fourth-order valence-corrected chi connectivity index (χ4v) is 1.71. The molecule has 0 atom stereocenters. The van der Waals surface area contributed by atoms with Crippen LogP contribution in [0.2, 0.25) is 0 Å². The van der Waals surface area contributed by atoms with E-state index in [0.717, 1.165) is 12.8 Å². The smallest absolute Gasteiger partial charge is 0.292 e. The Morgan fingerprint density at radius 3 is 2.70 bits per heavy atom. The van der Waals surface area contributed by atoms with Crippen molar-refractivity contribution in [1.29, 1.82) is 0 Å². The molecule has 0 unspecified atom stereocenters. The molecule has 0 radical (unpaired) electrons. The quantitative estimate of drug-likeness (QED) is 0.423. The summed E-state index contributed by atoms with van der Waals surface area (Å²) in [5.41, 5.74) is 0.150. The average Bonchev–Trinajstić information content (AvgIpc) is 2.91. The van der Waals surface area contributed by atoms with Crippen molar-refractivity contribution in [2.75, 3.05) is 13.2 Å². The topological polar surface area (TPSA) is 84.2 Å². The number of aliphatic hydroxyl groups is 1. The van der Waals surface area contributed by atoms with Crippen LogP contribution in [0.3, 0.4) is 0 Å². The van der Waals surface area contributed by atoms with E-state index < -0.39 is 11.7 Å². The molecule has 0 bridgehead atoms. The lowest BCUT2D eigenvalue weighted by atomic mass is 9.89. The van der Waals surface area contributed by atoms with Gasteiger partial charge in [-0.1, -0.05) is 13.8 Å². The summed E-state index contributed by atoms with van der Waals surface area (Å²) in [4.78, 5) is 23.5. The molecule has 1 rings (SSSR count).